The van der Waals surface area contributed by atoms with Crippen molar-refractivity contribution in [2.45, 2.75) is 100 Å². The van der Waals surface area contributed by atoms with Crippen LogP contribution in [0.3, 0.4) is 0 Å². The first-order valence-electron chi connectivity index (χ1n) is 11.6. The molecule has 3 saturated heterocycles. The Morgan fingerprint density at radius 1 is 1.17 bits per heavy atom. The van der Waals surface area contributed by atoms with E-state index in [0.29, 0.717) is 18.4 Å². The smallest absolute Gasteiger partial charge is 0.253 e. The molecule has 3 aliphatic heterocycles. The predicted molar refractivity (Wildman–Crippen MR) is 107 cm³/mol. The van der Waals surface area contributed by atoms with E-state index >= 15 is 0 Å². The topological polar surface area (TPSA) is 103 Å². The monoisotopic (exact) mass is 409 g/mol. The van der Waals surface area contributed by atoms with Crippen LogP contribution in [0.2, 0.25) is 0 Å². The fraction of sp³-hybridized carbons (Fsp3) is 0.952. The molecule has 0 aromatic carbocycles. The van der Waals surface area contributed by atoms with Gasteiger partial charge >= 0.3 is 0 Å². The Kier molecular flexibility index (Phi) is 5.14. The zero-order valence-corrected chi connectivity index (χ0v) is 17.3. The number of nitrogens with zero attached hydrogens (tertiary/aromatic N) is 1. The summed E-state index contributed by atoms with van der Waals surface area (Å²) in [6.45, 7) is 2.50. The molecule has 0 spiro atoms. The Bertz CT molecular complexity index is 649. The summed E-state index contributed by atoms with van der Waals surface area (Å²) in [5.74, 6) is 0.270. The molecule has 10 atom stereocenters. The van der Waals surface area contributed by atoms with Gasteiger partial charge in [0.05, 0.1) is 6.17 Å². The van der Waals surface area contributed by atoms with Crippen LogP contribution in [-0.4, -0.2) is 64.7 Å². The highest BCUT2D eigenvalue weighted by atomic mass is 19.1. The van der Waals surface area contributed by atoms with Crippen molar-refractivity contribution in [1.82, 2.24) is 21.1 Å². The van der Waals surface area contributed by atoms with Crippen molar-refractivity contribution in [2.75, 3.05) is 6.54 Å². The van der Waals surface area contributed by atoms with Crippen LogP contribution in [0.5, 0.6) is 0 Å². The summed E-state index contributed by atoms with van der Waals surface area (Å²) >= 11 is 0. The van der Waals surface area contributed by atoms with E-state index in [2.05, 4.69) is 21.1 Å². The lowest BCUT2D eigenvalue weighted by Crippen LogP contribution is -2.58. The zero-order valence-electron chi connectivity index (χ0n) is 17.3. The first kappa shape index (κ1) is 20.1. The third-order valence-corrected chi connectivity index (χ3v) is 8.61. The summed E-state index contributed by atoms with van der Waals surface area (Å²) in [7, 11) is 0. The quantitative estimate of drug-likeness (QED) is 0.452. The van der Waals surface area contributed by atoms with E-state index in [1.807, 2.05) is 0 Å². The summed E-state index contributed by atoms with van der Waals surface area (Å²) in [6, 6.07) is 0.496. The second-order valence-corrected chi connectivity index (χ2v) is 10.3. The van der Waals surface area contributed by atoms with E-state index in [9.17, 15) is 14.3 Å². The number of nitrogens with one attached hydrogen (secondary N) is 3. The minimum atomic E-state index is -1.36. The van der Waals surface area contributed by atoms with Crippen LogP contribution in [0, 0.1) is 17.8 Å². The maximum absolute atomic E-state index is 14.4. The van der Waals surface area contributed by atoms with E-state index in [1.165, 1.54) is 12.8 Å². The fourth-order valence-electron chi connectivity index (χ4n) is 7.11. The highest BCUT2D eigenvalue weighted by Gasteiger charge is 2.59. The number of aliphatic hydroxyl groups is 1. The average Bonchev–Trinajstić information content (AvgIpc) is 3.19. The van der Waals surface area contributed by atoms with E-state index in [1.54, 1.807) is 6.92 Å². The summed E-state index contributed by atoms with van der Waals surface area (Å²) in [5.41, 5.74) is 8.39. The number of piperidine rings is 1. The summed E-state index contributed by atoms with van der Waals surface area (Å²) in [6.07, 6.45) is 6.73. The summed E-state index contributed by atoms with van der Waals surface area (Å²) < 4.78 is 14.4. The Morgan fingerprint density at radius 2 is 1.97 bits per heavy atom. The van der Waals surface area contributed by atoms with Gasteiger partial charge in [-0.25, -0.2) is 9.40 Å². The molecule has 5 fully saturated rings. The Hall–Kier alpha value is -0.800. The van der Waals surface area contributed by atoms with Crippen LogP contribution < -0.4 is 21.8 Å². The first-order chi connectivity index (χ1) is 13.9. The Labute approximate surface area is 172 Å². The molecule has 0 bridgehead atoms. The number of carbonyl (C=O) groups is 1. The van der Waals surface area contributed by atoms with Crippen LogP contribution in [0.15, 0.2) is 0 Å². The normalized spacial score (nSPS) is 53.4. The molecule has 6 N–H and O–H groups in total. The number of amides is 1. The average molecular weight is 410 g/mol. The Balaban J connectivity index is 1.40. The van der Waals surface area contributed by atoms with Crippen LogP contribution in [-0.2, 0) is 4.79 Å². The van der Waals surface area contributed by atoms with Crippen molar-refractivity contribution >= 4 is 5.91 Å². The van der Waals surface area contributed by atoms with Crippen molar-refractivity contribution in [3.05, 3.63) is 0 Å². The lowest BCUT2D eigenvalue weighted by molar-refractivity contribution is -0.138. The largest absolute Gasteiger partial charge is 0.380 e. The van der Waals surface area contributed by atoms with Gasteiger partial charge < -0.3 is 16.2 Å². The molecule has 5 aliphatic rings. The highest BCUT2D eigenvalue weighted by Crippen LogP contribution is 2.47. The van der Waals surface area contributed by atoms with Gasteiger partial charge in [0.2, 0.25) is 0 Å². The SMILES string of the molecule is CC1(O)C(=O)NC2NCCC(C3NN([C@@H]4CC[C@@H](N)[C@H](F)C4)C4CCCCC34)C21. The number of hydrazine groups is 1. The number of carbonyl (C=O) groups excluding carboxylic acids is 1. The van der Waals surface area contributed by atoms with E-state index < -0.39 is 11.8 Å². The molecule has 164 valence electrons. The summed E-state index contributed by atoms with van der Waals surface area (Å²) in [5, 5.41) is 19.7. The highest BCUT2D eigenvalue weighted by molar-refractivity contribution is 5.87. The molecule has 3 heterocycles. The van der Waals surface area contributed by atoms with Crippen molar-refractivity contribution < 1.29 is 14.3 Å². The molecule has 2 saturated carbocycles. The predicted octanol–water partition coefficient (Wildman–Crippen LogP) is 0.385. The number of hydrogen-bond donors (Lipinski definition) is 5. The van der Waals surface area contributed by atoms with Gasteiger partial charge in [0.15, 0.2) is 0 Å². The minimum absolute atomic E-state index is 0.155. The molecule has 29 heavy (non-hydrogen) atoms. The second kappa shape index (κ2) is 7.41. The lowest BCUT2D eigenvalue weighted by Gasteiger charge is -2.43. The zero-order chi connectivity index (χ0) is 20.3. The maximum atomic E-state index is 14.4. The third-order valence-electron chi connectivity index (χ3n) is 8.61. The van der Waals surface area contributed by atoms with Gasteiger partial charge in [-0.1, -0.05) is 12.8 Å². The van der Waals surface area contributed by atoms with Crippen LogP contribution >= 0.6 is 0 Å². The fourth-order valence-corrected chi connectivity index (χ4v) is 7.11. The van der Waals surface area contributed by atoms with Crippen molar-refractivity contribution in [1.29, 1.82) is 0 Å². The van der Waals surface area contributed by atoms with E-state index in [0.717, 1.165) is 38.6 Å². The minimum Gasteiger partial charge on any atom is -0.380 e. The van der Waals surface area contributed by atoms with Gasteiger partial charge in [0.25, 0.3) is 5.91 Å². The molecule has 1 amide bonds. The van der Waals surface area contributed by atoms with Gasteiger partial charge in [0, 0.05) is 30.1 Å². The molecular formula is C21H36FN5O2. The number of nitrogens with two attached hydrogens (primary N) is 1. The lowest BCUT2D eigenvalue weighted by atomic mass is 9.67. The van der Waals surface area contributed by atoms with Crippen molar-refractivity contribution in [3.63, 3.8) is 0 Å². The number of hydrogen-bond acceptors (Lipinski definition) is 6. The molecule has 0 aromatic rings. The van der Waals surface area contributed by atoms with Gasteiger partial charge in [-0.15, -0.1) is 0 Å². The molecule has 7 unspecified atom stereocenters. The van der Waals surface area contributed by atoms with Gasteiger partial charge in [-0.3, -0.25) is 15.5 Å². The molecular weight excluding hydrogens is 373 g/mol. The van der Waals surface area contributed by atoms with Crippen LogP contribution in [0.1, 0.15) is 58.3 Å². The number of rotatable bonds is 2. The molecule has 8 heteroatoms. The van der Waals surface area contributed by atoms with Crippen LogP contribution in [0.25, 0.3) is 0 Å². The van der Waals surface area contributed by atoms with Crippen molar-refractivity contribution in [3.8, 4) is 0 Å². The van der Waals surface area contributed by atoms with Gasteiger partial charge in [-0.2, -0.15) is 0 Å². The van der Waals surface area contributed by atoms with E-state index in [-0.39, 0.29) is 42.0 Å². The molecule has 0 aromatic heterocycles. The van der Waals surface area contributed by atoms with E-state index in [4.69, 9.17) is 5.73 Å². The van der Waals surface area contributed by atoms with Crippen LogP contribution in [0.4, 0.5) is 4.39 Å². The van der Waals surface area contributed by atoms with Gasteiger partial charge in [-0.05, 0) is 63.8 Å². The molecule has 7 nitrogen and oxygen atoms in total. The first-order valence-corrected chi connectivity index (χ1v) is 11.6. The number of alkyl halides is 1. The molecule has 2 aliphatic carbocycles. The summed E-state index contributed by atoms with van der Waals surface area (Å²) in [4.78, 5) is 12.4. The second-order valence-electron chi connectivity index (χ2n) is 10.3. The standard InChI is InChI=1S/C21H36FN5O2/c1-21(29)17-13(8-9-24-19(17)25-20(21)28)18-12-4-2-3-5-16(12)27(26-18)11-6-7-15(23)14(22)10-11/h11-19,24,26,29H,2-10,23H2,1H3,(H,25,28)/t11-,12?,13?,14-,15-,16?,17?,18?,19?,21?/m1/s1. The number of halogens is 1. The number of fused-ring (bicyclic) bond motifs is 2. The Morgan fingerprint density at radius 3 is 2.76 bits per heavy atom. The maximum Gasteiger partial charge on any atom is 0.253 e. The third kappa shape index (κ3) is 3.22. The molecule has 5 rings (SSSR count). The molecule has 0 radical (unpaired) electrons. The van der Waals surface area contributed by atoms with Crippen molar-refractivity contribution in [2.24, 2.45) is 23.5 Å². The van der Waals surface area contributed by atoms with Gasteiger partial charge in [0.1, 0.15) is 11.8 Å².